The third-order valence-corrected chi connectivity index (χ3v) is 7.14. The molecule has 0 saturated carbocycles. The summed E-state index contributed by atoms with van der Waals surface area (Å²) >= 11 is 6.15. The number of carbonyl (C=O) groups is 2. The first-order valence-corrected chi connectivity index (χ1v) is 13.3. The molecular formula is C33H28ClN3O3. The lowest BCUT2D eigenvalue weighted by atomic mass is 10.0. The van der Waals surface area contributed by atoms with E-state index in [-0.39, 0.29) is 5.56 Å². The molecule has 0 aliphatic carbocycles. The van der Waals surface area contributed by atoms with Crippen LogP contribution in [0.15, 0.2) is 84.9 Å². The standard InChI is InChI=1S/C33H28ClN3O3/c1-19-8-12-23(13-9-19)30-31(24-14-10-20(2)11-15-24)36-29-18-25(16-17-28(29)35-30)33(39)40-22(4)32(38)37-27-7-5-6-26(34)21(27)3/h5-18,22H,1-4H3,(H,37,38). The molecule has 1 unspecified atom stereocenters. The average Bonchev–Trinajstić information content (AvgIpc) is 2.95. The van der Waals surface area contributed by atoms with Gasteiger partial charge in [-0.25, -0.2) is 14.8 Å². The van der Waals surface area contributed by atoms with Crippen molar-refractivity contribution in [2.24, 2.45) is 0 Å². The number of esters is 1. The minimum absolute atomic E-state index is 0.276. The number of aryl methyl sites for hydroxylation is 2. The van der Waals surface area contributed by atoms with Gasteiger partial charge < -0.3 is 10.1 Å². The van der Waals surface area contributed by atoms with E-state index < -0.39 is 18.0 Å². The van der Waals surface area contributed by atoms with Gasteiger partial charge in [0, 0.05) is 21.8 Å². The molecule has 200 valence electrons. The number of nitrogens with one attached hydrogen (secondary N) is 1. The highest BCUT2D eigenvalue weighted by molar-refractivity contribution is 6.31. The lowest BCUT2D eigenvalue weighted by Crippen LogP contribution is -2.30. The predicted octanol–water partition coefficient (Wildman–Crippen LogP) is 7.73. The first-order chi connectivity index (χ1) is 19.2. The number of nitrogens with zero attached hydrogens (tertiary/aromatic N) is 2. The van der Waals surface area contributed by atoms with E-state index in [9.17, 15) is 9.59 Å². The van der Waals surface area contributed by atoms with Crippen LogP contribution in [0.4, 0.5) is 5.69 Å². The van der Waals surface area contributed by atoms with Gasteiger partial charge in [-0.05, 0) is 63.6 Å². The third kappa shape index (κ3) is 5.72. The van der Waals surface area contributed by atoms with Crippen LogP contribution >= 0.6 is 11.6 Å². The lowest BCUT2D eigenvalue weighted by molar-refractivity contribution is -0.123. The summed E-state index contributed by atoms with van der Waals surface area (Å²) in [5, 5.41) is 3.31. The second kappa shape index (κ2) is 11.3. The van der Waals surface area contributed by atoms with Gasteiger partial charge in [0.2, 0.25) is 0 Å². The van der Waals surface area contributed by atoms with Crippen molar-refractivity contribution in [1.29, 1.82) is 0 Å². The van der Waals surface area contributed by atoms with Gasteiger partial charge in [-0.3, -0.25) is 4.79 Å². The number of benzene rings is 4. The second-order valence-corrected chi connectivity index (χ2v) is 10.2. The molecule has 6 nitrogen and oxygen atoms in total. The van der Waals surface area contributed by atoms with Crippen LogP contribution in [0.3, 0.4) is 0 Å². The zero-order valence-corrected chi connectivity index (χ0v) is 23.4. The highest BCUT2D eigenvalue weighted by Crippen LogP contribution is 2.32. The zero-order chi connectivity index (χ0) is 28.4. The van der Waals surface area contributed by atoms with Gasteiger partial charge in [0.25, 0.3) is 5.91 Å². The summed E-state index contributed by atoms with van der Waals surface area (Å²) in [4.78, 5) is 35.6. The van der Waals surface area contributed by atoms with Gasteiger partial charge in [0.1, 0.15) is 0 Å². The molecule has 5 aromatic rings. The molecule has 1 atom stereocenters. The molecular weight excluding hydrogens is 522 g/mol. The van der Waals surface area contributed by atoms with E-state index in [1.165, 1.54) is 6.92 Å². The maximum Gasteiger partial charge on any atom is 0.338 e. The van der Waals surface area contributed by atoms with E-state index in [0.717, 1.165) is 33.5 Å². The summed E-state index contributed by atoms with van der Waals surface area (Å²) in [7, 11) is 0. The Morgan fingerprint density at radius 2 is 1.35 bits per heavy atom. The van der Waals surface area contributed by atoms with E-state index in [0.29, 0.717) is 27.4 Å². The predicted molar refractivity (Wildman–Crippen MR) is 160 cm³/mol. The van der Waals surface area contributed by atoms with E-state index in [1.807, 2.05) is 62.4 Å². The van der Waals surface area contributed by atoms with Gasteiger partial charge in [-0.15, -0.1) is 0 Å². The smallest absolute Gasteiger partial charge is 0.338 e. The van der Waals surface area contributed by atoms with Crippen LogP contribution in [0.2, 0.25) is 5.02 Å². The normalized spacial score (nSPS) is 11.7. The fraction of sp³-hybridized carbons (Fsp3) is 0.152. The Labute approximate surface area is 238 Å². The van der Waals surface area contributed by atoms with Crippen LogP contribution in [-0.2, 0) is 9.53 Å². The quantitative estimate of drug-likeness (QED) is 0.219. The van der Waals surface area contributed by atoms with E-state index in [2.05, 4.69) is 5.32 Å². The molecule has 1 heterocycles. The van der Waals surface area contributed by atoms with Gasteiger partial charge in [0.05, 0.1) is 28.0 Å². The SMILES string of the molecule is Cc1ccc(-c2nc3ccc(C(=O)OC(C)C(=O)Nc4cccc(Cl)c4C)cc3nc2-c2ccc(C)cc2)cc1. The summed E-state index contributed by atoms with van der Waals surface area (Å²) in [5.74, 6) is -1.09. The highest BCUT2D eigenvalue weighted by Gasteiger charge is 2.21. The van der Waals surface area contributed by atoms with Crippen molar-refractivity contribution in [3.8, 4) is 22.5 Å². The van der Waals surface area contributed by atoms with E-state index >= 15 is 0 Å². The van der Waals surface area contributed by atoms with Gasteiger partial charge in [-0.2, -0.15) is 0 Å². The number of anilines is 1. The molecule has 1 amide bonds. The molecule has 40 heavy (non-hydrogen) atoms. The lowest BCUT2D eigenvalue weighted by Gasteiger charge is -2.15. The topological polar surface area (TPSA) is 81.2 Å². The Kier molecular flexibility index (Phi) is 7.63. The van der Waals surface area contributed by atoms with Crippen LogP contribution in [0.1, 0.15) is 34.0 Å². The maximum absolute atomic E-state index is 13.0. The largest absolute Gasteiger partial charge is 0.449 e. The Hall–Kier alpha value is -4.55. The molecule has 0 radical (unpaired) electrons. The van der Waals surface area contributed by atoms with E-state index in [1.54, 1.807) is 43.3 Å². The summed E-state index contributed by atoms with van der Waals surface area (Å²) in [6.45, 7) is 7.41. The molecule has 0 bridgehead atoms. The molecule has 5 rings (SSSR count). The van der Waals surface area contributed by atoms with Gasteiger partial charge in [-0.1, -0.05) is 77.3 Å². The van der Waals surface area contributed by atoms with E-state index in [4.69, 9.17) is 26.3 Å². The average molecular weight is 550 g/mol. The number of aromatic nitrogens is 2. The number of hydrogen-bond acceptors (Lipinski definition) is 5. The number of carbonyl (C=O) groups excluding carboxylic acids is 2. The molecule has 7 heteroatoms. The number of amides is 1. The van der Waals surface area contributed by atoms with Crippen molar-refractivity contribution in [2.45, 2.75) is 33.8 Å². The Morgan fingerprint density at radius 3 is 1.95 bits per heavy atom. The highest BCUT2D eigenvalue weighted by atomic mass is 35.5. The molecule has 0 spiro atoms. The zero-order valence-electron chi connectivity index (χ0n) is 22.7. The Bertz CT molecular complexity index is 1730. The fourth-order valence-electron chi connectivity index (χ4n) is 4.27. The number of hydrogen-bond donors (Lipinski definition) is 1. The molecule has 1 N–H and O–H groups in total. The molecule has 0 aliphatic rings. The first kappa shape index (κ1) is 27.0. The van der Waals surface area contributed by atoms with Crippen molar-refractivity contribution in [3.63, 3.8) is 0 Å². The number of ether oxygens (including phenoxy) is 1. The summed E-state index contributed by atoms with van der Waals surface area (Å²) < 4.78 is 5.49. The van der Waals surface area contributed by atoms with Crippen LogP contribution in [0, 0.1) is 20.8 Å². The van der Waals surface area contributed by atoms with Crippen molar-refractivity contribution in [3.05, 3.63) is 112 Å². The fourth-order valence-corrected chi connectivity index (χ4v) is 4.44. The van der Waals surface area contributed by atoms with Gasteiger partial charge in [0.15, 0.2) is 6.10 Å². The number of fused-ring (bicyclic) bond motifs is 1. The second-order valence-electron chi connectivity index (χ2n) is 9.81. The van der Waals surface area contributed by atoms with Crippen molar-refractivity contribution in [2.75, 3.05) is 5.32 Å². The summed E-state index contributed by atoms with van der Waals surface area (Å²) in [5.41, 5.74) is 8.41. The summed E-state index contributed by atoms with van der Waals surface area (Å²) in [6.07, 6.45) is -1.03. The first-order valence-electron chi connectivity index (χ1n) is 12.9. The number of rotatable bonds is 6. The molecule has 0 fully saturated rings. The van der Waals surface area contributed by atoms with Crippen molar-refractivity contribution in [1.82, 2.24) is 9.97 Å². The van der Waals surface area contributed by atoms with Crippen LogP contribution in [-0.4, -0.2) is 27.9 Å². The summed E-state index contributed by atoms with van der Waals surface area (Å²) in [6, 6.07) is 26.5. The Morgan fingerprint density at radius 1 is 0.775 bits per heavy atom. The monoisotopic (exact) mass is 549 g/mol. The minimum atomic E-state index is -1.03. The van der Waals surface area contributed by atoms with Gasteiger partial charge >= 0.3 is 5.97 Å². The molecule has 0 aliphatic heterocycles. The van der Waals surface area contributed by atoms with Crippen LogP contribution < -0.4 is 5.32 Å². The van der Waals surface area contributed by atoms with Crippen LogP contribution in [0.5, 0.6) is 0 Å². The minimum Gasteiger partial charge on any atom is -0.449 e. The van der Waals surface area contributed by atoms with Crippen molar-refractivity contribution >= 4 is 40.2 Å². The maximum atomic E-state index is 13.0. The van der Waals surface area contributed by atoms with Crippen LogP contribution in [0.25, 0.3) is 33.5 Å². The third-order valence-electron chi connectivity index (χ3n) is 6.73. The number of halogens is 1. The van der Waals surface area contributed by atoms with Crippen molar-refractivity contribution < 1.29 is 14.3 Å². The molecule has 1 aromatic heterocycles. The Balaban J connectivity index is 1.44. The molecule has 4 aromatic carbocycles. The molecule has 0 saturated heterocycles.